The van der Waals surface area contributed by atoms with E-state index in [0.29, 0.717) is 19.6 Å². The number of hydrogen-bond donors (Lipinski definition) is 1. The Morgan fingerprint density at radius 1 is 1.69 bits per heavy atom. The monoisotopic (exact) mass is 227 g/mol. The highest BCUT2D eigenvalue weighted by Crippen LogP contribution is 2.21. The number of carbonyl (C=O) groups excluding carboxylic acids is 1. The Hall–Kier alpha value is -1.16. The topological polar surface area (TPSA) is 66.8 Å². The maximum Gasteiger partial charge on any atom is 0.328 e. The highest BCUT2D eigenvalue weighted by molar-refractivity contribution is 5.81. The van der Waals surface area contributed by atoms with Crippen LogP contribution in [0.1, 0.15) is 32.6 Å². The summed E-state index contributed by atoms with van der Waals surface area (Å²) in [6, 6.07) is -0.955. The summed E-state index contributed by atoms with van der Waals surface area (Å²) in [7, 11) is 0. The van der Waals surface area contributed by atoms with Crippen LogP contribution in [0.2, 0.25) is 0 Å². The Morgan fingerprint density at radius 3 is 3.00 bits per heavy atom. The number of nitrogens with zero attached hydrogens (tertiary/aromatic N) is 1. The van der Waals surface area contributed by atoms with Crippen molar-refractivity contribution in [2.24, 2.45) is 0 Å². The van der Waals surface area contributed by atoms with Gasteiger partial charge < -0.3 is 5.11 Å². The maximum atomic E-state index is 11.0. The van der Waals surface area contributed by atoms with E-state index in [1.54, 1.807) is 5.94 Å². The molecule has 5 heteroatoms. The van der Waals surface area contributed by atoms with Gasteiger partial charge in [0.15, 0.2) is 6.04 Å². The molecule has 1 fully saturated rings. The first-order valence-corrected chi connectivity index (χ1v) is 5.57. The third kappa shape index (κ3) is 3.17. The van der Waals surface area contributed by atoms with E-state index in [0.717, 1.165) is 19.3 Å². The predicted octanol–water partition coefficient (Wildman–Crippen LogP) is 1.03. The first-order valence-electron chi connectivity index (χ1n) is 5.57. The van der Waals surface area contributed by atoms with Crippen LogP contribution >= 0.6 is 0 Å². The zero-order valence-corrected chi connectivity index (χ0v) is 9.44. The van der Waals surface area contributed by atoms with Gasteiger partial charge in [-0.2, -0.15) is 5.06 Å². The molecule has 1 unspecified atom stereocenters. The molecule has 0 spiro atoms. The summed E-state index contributed by atoms with van der Waals surface area (Å²) in [4.78, 5) is 27.1. The van der Waals surface area contributed by atoms with E-state index in [1.165, 1.54) is 5.06 Å². The lowest BCUT2D eigenvalue weighted by molar-refractivity contribution is -0.198. The second-order valence-corrected chi connectivity index (χ2v) is 3.80. The summed E-state index contributed by atoms with van der Waals surface area (Å²) in [5.74, 6) is 0.673. The Labute approximate surface area is 94.6 Å². The first kappa shape index (κ1) is 12.9. The van der Waals surface area contributed by atoms with Crippen LogP contribution in [-0.2, 0) is 14.4 Å². The molecule has 1 aliphatic rings. The van der Waals surface area contributed by atoms with Crippen molar-refractivity contribution in [3.05, 3.63) is 5.57 Å². The van der Waals surface area contributed by atoms with Gasteiger partial charge in [0.1, 0.15) is 5.94 Å². The molecule has 0 aliphatic carbocycles. The minimum Gasteiger partial charge on any atom is -0.480 e. The number of carboxylic acids is 1. The van der Waals surface area contributed by atoms with Crippen LogP contribution in [0, 0.1) is 0 Å². The molecule has 1 atom stereocenters. The summed E-state index contributed by atoms with van der Waals surface area (Å²) in [5.41, 5.74) is 0.273. The second kappa shape index (κ2) is 6.43. The van der Waals surface area contributed by atoms with Crippen molar-refractivity contribution in [1.82, 2.24) is 5.06 Å². The molecule has 1 N–H and O–H groups in total. The SMILES string of the molecule is CCCCON1CCCC(=C=O)C1C(=O)O. The zero-order valence-electron chi connectivity index (χ0n) is 9.44. The Kier molecular flexibility index (Phi) is 5.19. The van der Waals surface area contributed by atoms with Crippen molar-refractivity contribution in [1.29, 1.82) is 0 Å². The molecule has 1 rings (SSSR count). The molecular weight excluding hydrogens is 210 g/mol. The third-order valence-corrected chi connectivity index (χ3v) is 2.56. The highest BCUT2D eigenvalue weighted by Gasteiger charge is 2.34. The van der Waals surface area contributed by atoms with E-state index in [-0.39, 0.29) is 5.57 Å². The van der Waals surface area contributed by atoms with E-state index in [1.807, 2.05) is 6.92 Å². The van der Waals surface area contributed by atoms with Crippen LogP contribution in [0.3, 0.4) is 0 Å². The molecular formula is C11H17NO4. The van der Waals surface area contributed by atoms with E-state index < -0.39 is 12.0 Å². The van der Waals surface area contributed by atoms with Crippen LogP contribution in [0.15, 0.2) is 5.57 Å². The number of carboxylic acid groups (broad SMARTS) is 1. The average molecular weight is 227 g/mol. The highest BCUT2D eigenvalue weighted by atomic mass is 16.7. The van der Waals surface area contributed by atoms with Crippen molar-refractivity contribution >= 4 is 11.9 Å². The molecule has 16 heavy (non-hydrogen) atoms. The molecule has 0 amide bonds. The van der Waals surface area contributed by atoms with Gasteiger partial charge in [-0.05, 0) is 19.3 Å². The van der Waals surface area contributed by atoms with E-state index in [9.17, 15) is 9.59 Å². The molecule has 0 aromatic heterocycles. The van der Waals surface area contributed by atoms with Crippen molar-refractivity contribution in [2.75, 3.05) is 13.2 Å². The maximum absolute atomic E-state index is 11.0. The van der Waals surface area contributed by atoms with Gasteiger partial charge in [-0.3, -0.25) is 9.63 Å². The molecule has 0 bridgehead atoms. The molecule has 0 saturated carbocycles. The van der Waals surface area contributed by atoms with E-state index in [4.69, 9.17) is 9.94 Å². The number of hydrogen-bond acceptors (Lipinski definition) is 4. The zero-order chi connectivity index (χ0) is 12.0. The Bertz CT molecular complexity index is 296. The van der Waals surface area contributed by atoms with Gasteiger partial charge in [0.25, 0.3) is 0 Å². The van der Waals surface area contributed by atoms with Crippen LogP contribution in [0.25, 0.3) is 0 Å². The number of piperidine rings is 1. The second-order valence-electron chi connectivity index (χ2n) is 3.80. The molecule has 1 saturated heterocycles. The van der Waals surface area contributed by atoms with Crippen molar-refractivity contribution in [3.63, 3.8) is 0 Å². The molecule has 1 heterocycles. The van der Waals surface area contributed by atoms with Gasteiger partial charge in [-0.25, -0.2) is 4.79 Å². The fourth-order valence-corrected chi connectivity index (χ4v) is 1.71. The summed E-state index contributed by atoms with van der Waals surface area (Å²) in [5, 5.41) is 10.4. The van der Waals surface area contributed by atoms with Crippen LogP contribution in [0.5, 0.6) is 0 Å². The molecule has 1 aliphatic heterocycles. The Balaban J connectivity index is 2.65. The summed E-state index contributed by atoms with van der Waals surface area (Å²) < 4.78 is 0. The minimum atomic E-state index is -1.05. The smallest absolute Gasteiger partial charge is 0.328 e. The van der Waals surface area contributed by atoms with E-state index in [2.05, 4.69) is 0 Å². The van der Waals surface area contributed by atoms with Crippen LogP contribution < -0.4 is 0 Å². The molecule has 0 aromatic carbocycles. The number of aliphatic carboxylic acids is 1. The van der Waals surface area contributed by atoms with Gasteiger partial charge in [-0.15, -0.1) is 0 Å². The number of unbranched alkanes of at least 4 members (excludes halogenated alkanes) is 1. The van der Waals surface area contributed by atoms with Gasteiger partial charge in [0.2, 0.25) is 0 Å². The Morgan fingerprint density at radius 2 is 2.44 bits per heavy atom. The number of carbonyl (C=O) groups is 1. The normalized spacial score (nSPS) is 21.8. The lowest BCUT2D eigenvalue weighted by atomic mass is 9.99. The van der Waals surface area contributed by atoms with Gasteiger partial charge in [0, 0.05) is 12.1 Å². The van der Waals surface area contributed by atoms with Crippen molar-refractivity contribution in [2.45, 2.75) is 38.6 Å². The van der Waals surface area contributed by atoms with Crippen molar-refractivity contribution < 1.29 is 19.5 Å². The number of hydroxylamine groups is 2. The fourth-order valence-electron chi connectivity index (χ4n) is 1.71. The lowest BCUT2D eigenvalue weighted by Gasteiger charge is -2.32. The summed E-state index contributed by atoms with van der Waals surface area (Å²) in [6.07, 6.45) is 3.10. The average Bonchev–Trinajstić information content (AvgIpc) is 2.28. The minimum absolute atomic E-state index is 0.273. The number of rotatable bonds is 5. The van der Waals surface area contributed by atoms with Gasteiger partial charge in [-0.1, -0.05) is 13.3 Å². The standard InChI is InChI=1S/C11H17NO4/c1-2-3-7-16-12-6-4-5-9(8-13)10(12)11(14)15/h10H,2-7H2,1H3,(H,14,15). The summed E-state index contributed by atoms with van der Waals surface area (Å²) in [6.45, 7) is 3.07. The van der Waals surface area contributed by atoms with E-state index >= 15 is 0 Å². The third-order valence-electron chi connectivity index (χ3n) is 2.56. The van der Waals surface area contributed by atoms with Gasteiger partial charge >= 0.3 is 5.97 Å². The quantitative estimate of drug-likeness (QED) is 0.561. The molecule has 0 aromatic rings. The first-order chi connectivity index (χ1) is 7.70. The van der Waals surface area contributed by atoms with Crippen molar-refractivity contribution in [3.8, 4) is 0 Å². The predicted molar refractivity (Wildman–Crippen MR) is 57.4 cm³/mol. The molecule has 90 valence electrons. The molecule has 5 nitrogen and oxygen atoms in total. The lowest BCUT2D eigenvalue weighted by Crippen LogP contribution is -2.46. The summed E-state index contributed by atoms with van der Waals surface area (Å²) >= 11 is 0. The van der Waals surface area contributed by atoms with Crippen LogP contribution in [-0.4, -0.2) is 41.3 Å². The van der Waals surface area contributed by atoms with Crippen LogP contribution in [0.4, 0.5) is 0 Å². The van der Waals surface area contributed by atoms with Gasteiger partial charge in [0.05, 0.1) is 6.61 Å². The largest absolute Gasteiger partial charge is 0.480 e. The fraction of sp³-hybridized carbons (Fsp3) is 0.727. The molecule has 0 radical (unpaired) electrons.